The molecule has 2 heterocycles. The number of para-hydroxylation sites is 1. The van der Waals surface area contributed by atoms with Crippen molar-refractivity contribution in [1.29, 1.82) is 0 Å². The third kappa shape index (κ3) is 4.09. The number of carbonyl (C=O) groups excluding carboxylic acids is 1. The normalized spacial score (nSPS) is 14.0. The van der Waals surface area contributed by atoms with E-state index in [1.807, 2.05) is 18.2 Å². The third-order valence-electron chi connectivity index (χ3n) is 4.80. The van der Waals surface area contributed by atoms with Crippen LogP contribution in [0.4, 0.5) is 23.1 Å². The van der Waals surface area contributed by atoms with Gasteiger partial charge in [-0.05, 0) is 31.2 Å². The second-order valence-corrected chi connectivity index (χ2v) is 6.71. The van der Waals surface area contributed by atoms with Gasteiger partial charge in [0.1, 0.15) is 0 Å². The van der Waals surface area contributed by atoms with Crippen molar-refractivity contribution in [2.24, 2.45) is 0 Å². The van der Waals surface area contributed by atoms with E-state index in [4.69, 9.17) is 0 Å². The minimum Gasteiger partial charge on any atom is -0.368 e. The van der Waals surface area contributed by atoms with Gasteiger partial charge in [0.05, 0.1) is 6.20 Å². The Morgan fingerprint density at radius 1 is 0.964 bits per heavy atom. The highest BCUT2D eigenvalue weighted by Crippen LogP contribution is 2.20. The van der Waals surface area contributed by atoms with Crippen molar-refractivity contribution in [3.05, 3.63) is 66.4 Å². The number of ketones is 1. The molecule has 2 aromatic carbocycles. The van der Waals surface area contributed by atoms with Crippen LogP contribution < -0.4 is 15.1 Å². The molecule has 4 rings (SSSR count). The topological polar surface area (TPSA) is 74.2 Å². The van der Waals surface area contributed by atoms with E-state index in [1.54, 1.807) is 25.3 Å². The van der Waals surface area contributed by atoms with E-state index in [9.17, 15) is 4.79 Å². The highest BCUT2D eigenvalue weighted by Gasteiger charge is 2.19. The van der Waals surface area contributed by atoms with E-state index in [0.717, 1.165) is 37.7 Å². The van der Waals surface area contributed by atoms with Gasteiger partial charge in [-0.3, -0.25) is 4.79 Å². The molecular weight excluding hydrogens is 352 g/mol. The maximum atomic E-state index is 11.6. The lowest BCUT2D eigenvalue weighted by atomic mass is 10.1. The fourth-order valence-corrected chi connectivity index (χ4v) is 3.28. The molecule has 1 aromatic heterocycles. The van der Waals surface area contributed by atoms with Crippen LogP contribution in [0.15, 0.2) is 60.8 Å². The minimum absolute atomic E-state index is 0.0210. The zero-order valence-corrected chi connectivity index (χ0v) is 15.7. The van der Waals surface area contributed by atoms with Gasteiger partial charge < -0.3 is 15.1 Å². The van der Waals surface area contributed by atoms with Crippen molar-refractivity contribution >= 4 is 28.9 Å². The molecule has 0 bridgehead atoms. The Labute approximate surface area is 164 Å². The fourth-order valence-electron chi connectivity index (χ4n) is 3.28. The van der Waals surface area contributed by atoms with Gasteiger partial charge in [-0.2, -0.15) is 10.1 Å². The number of benzene rings is 2. The lowest BCUT2D eigenvalue weighted by molar-refractivity contribution is 0.101. The SMILES string of the molecule is CC(=O)c1cccc(Nc2nncc(N3CCN(c4ccccc4)CC3)n2)c1. The lowest BCUT2D eigenvalue weighted by Crippen LogP contribution is -2.46. The van der Waals surface area contributed by atoms with Crippen LogP contribution >= 0.6 is 0 Å². The molecule has 0 atom stereocenters. The van der Waals surface area contributed by atoms with E-state index in [1.165, 1.54) is 5.69 Å². The molecule has 1 aliphatic rings. The average molecular weight is 374 g/mol. The predicted molar refractivity (Wildman–Crippen MR) is 110 cm³/mol. The van der Waals surface area contributed by atoms with Gasteiger partial charge in [-0.1, -0.05) is 30.3 Å². The molecule has 0 unspecified atom stereocenters. The van der Waals surface area contributed by atoms with Crippen molar-refractivity contribution in [2.75, 3.05) is 41.3 Å². The molecule has 3 aromatic rings. The molecule has 7 nitrogen and oxygen atoms in total. The highest BCUT2D eigenvalue weighted by molar-refractivity contribution is 5.95. The number of piperazine rings is 1. The Kier molecular flexibility index (Phi) is 5.14. The van der Waals surface area contributed by atoms with Gasteiger partial charge in [0.25, 0.3) is 0 Å². The summed E-state index contributed by atoms with van der Waals surface area (Å²) in [6.07, 6.45) is 1.69. The number of rotatable bonds is 5. The van der Waals surface area contributed by atoms with Gasteiger partial charge in [0.2, 0.25) is 5.95 Å². The van der Waals surface area contributed by atoms with Crippen molar-refractivity contribution in [3.8, 4) is 0 Å². The van der Waals surface area contributed by atoms with Crippen LogP contribution in [0.2, 0.25) is 0 Å². The lowest BCUT2D eigenvalue weighted by Gasteiger charge is -2.36. The summed E-state index contributed by atoms with van der Waals surface area (Å²) in [5.74, 6) is 1.24. The first-order valence-electron chi connectivity index (χ1n) is 9.32. The summed E-state index contributed by atoms with van der Waals surface area (Å²) in [7, 11) is 0. The molecule has 1 fully saturated rings. The quantitative estimate of drug-likeness (QED) is 0.688. The van der Waals surface area contributed by atoms with E-state index in [-0.39, 0.29) is 5.78 Å². The summed E-state index contributed by atoms with van der Waals surface area (Å²) in [5, 5.41) is 11.3. The average Bonchev–Trinajstić information content (AvgIpc) is 2.75. The smallest absolute Gasteiger partial charge is 0.249 e. The zero-order valence-electron chi connectivity index (χ0n) is 15.7. The number of hydrogen-bond acceptors (Lipinski definition) is 7. The molecule has 1 saturated heterocycles. The van der Waals surface area contributed by atoms with Crippen LogP contribution in [-0.4, -0.2) is 47.1 Å². The summed E-state index contributed by atoms with van der Waals surface area (Å²) in [4.78, 5) is 20.7. The van der Waals surface area contributed by atoms with Crippen LogP contribution in [-0.2, 0) is 0 Å². The standard InChI is InChI=1S/C21H22N6O/c1-16(28)17-6-5-7-18(14-17)23-21-24-20(15-22-25-21)27-12-10-26(11-13-27)19-8-3-2-4-9-19/h2-9,14-15H,10-13H2,1H3,(H,23,24,25). The van der Waals surface area contributed by atoms with Crippen LogP contribution in [0.5, 0.6) is 0 Å². The first kappa shape index (κ1) is 17.9. The molecule has 0 radical (unpaired) electrons. The Bertz CT molecular complexity index is 954. The molecule has 0 spiro atoms. The monoisotopic (exact) mass is 374 g/mol. The van der Waals surface area contributed by atoms with Crippen LogP contribution in [0.3, 0.4) is 0 Å². The fraction of sp³-hybridized carbons (Fsp3) is 0.238. The maximum Gasteiger partial charge on any atom is 0.249 e. The first-order chi connectivity index (χ1) is 13.7. The van der Waals surface area contributed by atoms with Gasteiger partial charge in [-0.15, -0.1) is 5.10 Å². The Morgan fingerprint density at radius 2 is 1.71 bits per heavy atom. The number of carbonyl (C=O) groups is 1. The van der Waals surface area contributed by atoms with Crippen LogP contribution in [0, 0.1) is 0 Å². The summed E-state index contributed by atoms with van der Waals surface area (Å²) in [6.45, 7) is 5.14. The van der Waals surface area contributed by atoms with E-state index in [0.29, 0.717) is 11.5 Å². The zero-order chi connectivity index (χ0) is 19.3. The van der Waals surface area contributed by atoms with Gasteiger partial charge in [0, 0.05) is 43.1 Å². The van der Waals surface area contributed by atoms with Gasteiger partial charge >= 0.3 is 0 Å². The van der Waals surface area contributed by atoms with Gasteiger partial charge in [0.15, 0.2) is 11.6 Å². The second-order valence-electron chi connectivity index (χ2n) is 6.71. The molecular formula is C21H22N6O. The van der Waals surface area contributed by atoms with E-state index in [2.05, 4.69) is 54.6 Å². The van der Waals surface area contributed by atoms with Crippen LogP contribution in [0.1, 0.15) is 17.3 Å². The molecule has 7 heteroatoms. The minimum atomic E-state index is 0.0210. The van der Waals surface area contributed by atoms with Crippen LogP contribution in [0.25, 0.3) is 0 Å². The number of aromatic nitrogens is 3. The van der Waals surface area contributed by atoms with Crippen molar-refractivity contribution < 1.29 is 4.79 Å². The van der Waals surface area contributed by atoms with Crippen molar-refractivity contribution in [1.82, 2.24) is 15.2 Å². The molecule has 142 valence electrons. The largest absolute Gasteiger partial charge is 0.368 e. The van der Waals surface area contributed by atoms with Crippen molar-refractivity contribution in [2.45, 2.75) is 6.92 Å². The number of hydrogen-bond donors (Lipinski definition) is 1. The third-order valence-corrected chi connectivity index (χ3v) is 4.80. The summed E-state index contributed by atoms with van der Waals surface area (Å²) in [6, 6.07) is 17.7. The predicted octanol–water partition coefficient (Wildman–Crippen LogP) is 3.14. The second kappa shape index (κ2) is 8.04. The number of nitrogens with one attached hydrogen (secondary N) is 1. The summed E-state index contributed by atoms with van der Waals surface area (Å²) < 4.78 is 0. The molecule has 28 heavy (non-hydrogen) atoms. The maximum absolute atomic E-state index is 11.6. The number of anilines is 4. The summed E-state index contributed by atoms with van der Waals surface area (Å²) in [5.41, 5.74) is 2.65. The molecule has 0 amide bonds. The van der Waals surface area contributed by atoms with Crippen molar-refractivity contribution in [3.63, 3.8) is 0 Å². The Morgan fingerprint density at radius 3 is 2.46 bits per heavy atom. The number of nitrogens with zero attached hydrogens (tertiary/aromatic N) is 5. The molecule has 0 saturated carbocycles. The summed E-state index contributed by atoms with van der Waals surface area (Å²) >= 11 is 0. The van der Waals surface area contributed by atoms with E-state index >= 15 is 0 Å². The first-order valence-corrected chi connectivity index (χ1v) is 9.32. The Hall–Kier alpha value is -3.48. The highest BCUT2D eigenvalue weighted by atomic mass is 16.1. The number of Topliss-reactive ketones (excluding diaryl/α,β-unsaturated/α-hetero) is 1. The van der Waals surface area contributed by atoms with E-state index < -0.39 is 0 Å². The van der Waals surface area contributed by atoms with Gasteiger partial charge in [-0.25, -0.2) is 0 Å². The Balaban J connectivity index is 1.43. The molecule has 1 aliphatic heterocycles. The molecule has 0 aliphatic carbocycles. The molecule has 1 N–H and O–H groups in total.